The molecule has 2 aliphatic rings. The van der Waals surface area contributed by atoms with Gasteiger partial charge in [0.2, 0.25) is 5.91 Å². The molecule has 2 fully saturated rings. The summed E-state index contributed by atoms with van der Waals surface area (Å²) in [6.07, 6.45) is -0.994. The number of Topliss-reactive ketones (excluding diaryl/α,β-unsaturated/α-hetero) is 1. The average molecular weight is 360 g/mol. The summed E-state index contributed by atoms with van der Waals surface area (Å²) in [5.41, 5.74) is -0.906. The van der Waals surface area contributed by atoms with Gasteiger partial charge in [-0.15, -0.1) is 0 Å². The van der Waals surface area contributed by atoms with E-state index in [1.807, 2.05) is 0 Å². The summed E-state index contributed by atoms with van der Waals surface area (Å²) >= 11 is 5.58. The van der Waals surface area contributed by atoms with Gasteiger partial charge in [-0.1, -0.05) is 18.0 Å². The summed E-state index contributed by atoms with van der Waals surface area (Å²) in [4.78, 5) is 24.5. The lowest BCUT2D eigenvalue weighted by atomic mass is 9.67. The summed E-state index contributed by atoms with van der Waals surface area (Å²) in [5.74, 6) is -0.567. The fraction of sp³-hybridized carbons (Fsp3) is 0.529. The van der Waals surface area contributed by atoms with Gasteiger partial charge in [-0.25, -0.2) is 0 Å². The van der Waals surface area contributed by atoms with Crippen LogP contribution in [0.15, 0.2) is 18.2 Å². The number of benzene rings is 1. The maximum absolute atomic E-state index is 12.9. The first-order valence-electron chi connectivity index (χ1n) is 7.97. The van der Waals surface area contributed by atoms with Crippen LogP contribution in [0.25, 0.3) is 0 Å². The third kappa shape index (κ3) is 3.43. The van der Waals surface area contributed by atoms with Crippen molar-refractivity contribution in [3.05, 3.63) is 28.8 Å². The Balaban J connectivity index is 1.73. The van der Waals surface area contributed by atoms with Crippen molar-refractivity contribution in [3.8, 4) is 0 Å². The van der Waals surface area contributed by atoms with Crippen molar-refractivity contribution in [3.63, 3.8) is 0 Å². The number of carbonyl (C=O) groups is 2. The Morgan fingerprint density at radius 1 is 1.17 bits per heavy atom. The quantitative estimate of drug-likeness (QED) is 0.832. The summed E-state index contributed by atoms with van der Waals surface area (Å²) in [6.45, 7) is 0. The Morgan fingerprint density at radius 3 is 2.38 bits per heavy atom. The standard InChI is InChI=1S/C17H17ClF3NO2/c18-14-5-4-12(8-13(14)17(19,20)21)22-16(24)11-6-9-2-1-3-10(7-11)15(9)23/h4-5,8-11H,1-3,6-7H2,(H,22,24)/t9-,10-/m1/s1. The average Bonchev–Trinajstić information content (AvgIpc) is 2.47. The number of halogens is 4. The van der Waals surface area contributed by atoms with Gasteiger partial charge in [-0.3, -0.25) is 9.59 Å². The van der Waals surface area contributed by atoms with E-state index in [4.69, 9.17) is 11.6 Å². The van der Waals surface area contributed by atoms with Gasteiger partial charge in [0.25, 0.3) is 0 Å². The second-order valence-electron chi connectivity index (χ2n) is 6.58. The predicted molar refractivity (Wildman–Crippen MR) is 83.6 cm³/mol. The highest BCUT2D eigenvalue weighted by Gasteiger charge is 2.41. The van der Waals surface area contributed by atoms with E-state index in [2.05, 4.69) is 5.32 Å². The molecule has 2 saturated carbocycles. The molecule has 2 atom stereocenters. The first-order valence-corrected chi connectivity index (χ1v) is 8.35. The number of ketones is 1. The lowest BCUT2D eigenvalue weighted by Gasteiger charge is -2.36. The molecule has 1 N–H and O–H groups in total. The first-order chi connectivity index (χ1) is 11.3. The van der Waals surface area contributed by atoms with E-state index < -0.39 is 16.8 Å². The number of hydrogen-bond acceptors (Lipinski definition) is 2. The fourth-order valence-corrected chi connectivity index (χ4v) is 3.98. The zero-order valence-corrected chi connectivity index (χ0v) is 13.6. The smallest absolute Gasteiger partial charge is 0.326 e. The van der Waals surface area contributed by atoms with E-state index in [1.54, 1.807) is 0 Å². The van der Waals surface area contributed by atoms with Crippen LogP contribution in [0.4, 0.5) is 18.9 Å². The number of carbonyl (C=O) groups excluding carboxylic acids is 2. The summed E-state index contributed by atoms with van der Waals surface area (Å²) in [7, 11) is 0. The van der Waals surface area contributed by atoms with Crippen LogP contribution in [0, 0.1) is 17.8 Å². The molecule has 7 heteroatoms. The van der Waals surface area contributed by atoms with Gasteiger partial charge < -0.3 is 5.32 Å². The highest BCUT2D eigenvalue weighted by Crippen LogP contribution is 2.41. The fourth-order valence-electron chi connectivity index (χ4n) is 3.76. The van der Waals surface area contributed by atoms with E-state index in [0.717, 1.165) is 31.4 Å². The molecule has 0 aliphatic heterocycles. The molecule has 0 unspecified atom stereocenters. The van der Waals surface area contributed by atoms with Crippen molar-refractivity contribution in [2.24, 2.45) is 17.8 Å². The van der Waals surface area contributed by atoms with E-state index in [1.165, 1.54) is 6.07 Å². The molecule has 24 heavy (non-hydrogen) atoms. The number of fused-ring (bicyclic) bond motifs is 2. The zero-order chi connectivity index (χ0) is 17.5. The van der Waals surface area contributed by atoms with Crippen LogP contribution in [0.5, 0.6) is 0 Å². The number of amides is 1. The first kappa shape index (κ1) is 17.3. The number of rotatable bonds is 2. The molecule has 0 spiro atoms. The number of hydrogen-bond donors (Lipinski definition) is 1. The minimum Gasteiger partial charge on any atom is -0.326 e. The van der Waals surface area contributed by atoms with Crippen molar-refractivity contribution < 1.29 is 22.8 Å². The van der Waals surface area contributed by atoms with Gasteiger partial charge in [-0.2, -0.15) is 13.2 Å². The Hall–Kier alpha value is -1.56. The van der Waals surface area contributed by atoms with Crippen LogP contribution in [0.2, 0.25) is 5.02 Å². The molecule has 130 valence electrons. The molecular formula is C17H17ClF3NO2. The van der Waals surface area contributed by atoms with Crippen molar-refractivity contribution in [2.45, 2.75) is 38.3 Å². The third-order valence-electron chi connectivity index (χ3n) is 4.96. The van der Waals surface area contributed by atoms with E-state index in [-0.39, 0.29) is 35.1 Å². The van der Waals surface area contributed by atoms with Crippen LogP contribution in [-0.2, 0) is 15.8 Å². The molecule has 1 amide bonds. The minimum atomic E-state index is -4.58. The summed E-state index contributed by atoms with van der Waals surface area (Å²) in [5, 5.41) is 2.14. The van der Waals surface area contributed by atoms with Crippen LogP contribution < -0.4 is 5.32 Å². The lowest BCUT2D eigenvalue weighted by molar-refractivity contribution is -0.138. The second-order valence-corrected chi connectivity index (χ2v) is 6.98. The van der Waals surface area contributed by atoms with Gasteiger partial charge in [0.05, 0.1) is 10.6 Å². The van der Waals surface area contributed by atoms with Gasteiger partial charge in [0, 0.05) is 23.4 Å². The van der Waals surface area contributed by atoms with Gasteiger partial charge >= 0.3 is 6.18 Å². The van der Waals surface area contributed by atoms with Crippen molar-refractivity contribution >= 4 is 29.0 Å². The van der Waals surface area contributed by atoms with Gasteiger partial charge in [-0.05, 0) is 43.9 Å². The second kappa shape index (κ2) is 6.39. The van der Waals surface area contributed by atoms with Crippen LogP contribution in [0.3, 0.4) is 0 Å². The van der Waals surface area contributed by atoms with E-state index >= 15 is 0 Å². The molecule has 0 saturated heterocycles. The third-order valence-corrected chi connectivity index (χ3v) is 5.29. The minimum absolute atomic E-state index is 0.0683. The SMILES string of the molecule is O=C(Nc1ccc(Cl)c(C(F)(F)F)c1)C1C[C@H]2CCC[C@H](C1)C2=O. The van der Waals surface area contributed by atoms with Crippen LogP contribution in [-0.4, -0.2) is 11.7 Å². The topological polar surface area (TPSA) is 46.2 Å². The molecule has 1 aromatic carbocycles. The van der Waals surface area contributed by atoms with Crippen molar-refractivity contribution in [1.82, 2.24) is 0 Å². The maximum atomic E-state index is 12.9. The van der Waals surface area contributed by atoms with E-state index in [0.29, 0.717) is 12.8 Å². The Kier molecular flexibility index (Phi) is 4.60. The molecule has 2 aliphatic carbocycles. The monoisotopic (exact) mass is 359 g/mol. The highest BCUT2D eigenvalue weighted by molar-refractivity contribution is 6.31. The van der Waals surface area contributed by atoms with E-state index in [9.17, 15) is 22.8 Å². The summed E-state index contributed by atoms with van der Waals surface area (Å²) < 4.78 is 38.7. The number of anilines is 1. The number of nitrogens with one attached hydrogen (secondary N) is 1. The zero-order valence-electron chi connectivity index (χ0n) is 12.8. The van der Waals surface area contributed by atoms with Crippen molar-refractivity contribution in [1.29, 1.82) is 0 Å². The Labute approximate surface area is 142 Å². The van der Waals surface area contributed by atoms with Gasteiger partial charge in [0.1, 0.15) is 5.78 Å². The lowest BCUT2D eigenvalue weighted by Crippen LogP contribution is -2.40. The molecule has 3 rings (SSSR count). The predicted octanol–water partition coefficient (Wildman–Crippen LogP) is 4.69. The van der Waals surface area contributed by atoms with Gasteiger partial charge in [0.15, 0.2) is 0 Å². The highest BCUT2D eigenvalue weighted by atomic mass is 35.5. The maximum Gasteiger partial charge on any atom is 0.417 e. The normalized spacial score (nSPS) is 27.0. The molecular weight excluding hydrogens is 343 g/mol. The molecule has 2 bridgehead atoms. The summed E-state index contributed by atoms with van der Waals surface area (Å²) in [6, 6.07) is 3.32. The molecule has 0 heterocycles. The van der Waals surface area contributed by atoms with Crippen LogP contribution in [0.1, 0.15) is 37.7 Å². The Morgan fingerprint density at radius 2 is 1.79 bits per heavy atom. The molecule has 3 nitrogen and oxygen atoms in total. The molecule has 1 aromatic rings. The van der Waals surface area contributed by atoms with Crippen molar-refractivity contribution in [2.75, 3.05) is 5.32 Å². The Bertz CT molecular complexity index is 658. The molecule has 0 radical (unpaired) electrons. The number of alkyl halides is 3. The van der Waals surface area contributed by atoms with Crippen LogP contribution >= 0.6 is 11.6 Å². The molecule has 0 aromatic heterocycles. The largest absolute Gasteiger partial charge is 0.417 e.